The number of ether oxygens (including phenoxy) is 1. The first kappa shape index (κ1) is 14.8. The van der Waals surface area contributed by atoms with E-state index in [0.717, 1.165) is 32.1 Å². The van der Waals surface area contributed by atoms with Crippen molar-refractivity contribution in [3.63, 3.8) is 0 Å². The van der Waals surface area contributed by atoms with Crippen LogP contribution in [0.15, 0.2) is 59.1 Å². The van der Waals surface area contributed by atoms with E-state index in [-0.39, 0.29) is 5.78 Å². The summed E-state index contributed by atoms with van der Waals surface area (Å²) in [6.45, 7) is 1.95. The van der Waals surface area contributed by atoms with Crippen LogP contribution in [0, 0.1) is 6.92 Å². The highest BCUT2D eigenvalue weighted by atomic mass is 79.9. The molecular weight excluding hydrogens is 340 g/mol. The van der Waals surface area contributed by atoms with Crippen molar-refractivity contribution in [2.75, 3.05) is 7.11 Å². The van der Waals surface area contributed by atoms with Crippen LogP contribution in [0.5, 0.6) is 5.75 Å². The molecule has 0 heterocycles. The number of carbonyl (C=O) groups excluding carboxylic acids is 1. The van der Waals surface area contributed by atoms with Gasteiger partial charge >= 0.3 is 0 Å². The number of hydrogen-bond acceptors (Lipinski definition) is 2. The van der Waals surface area contributed by atoms with Crippen LogP contribution in [0.2, 0.25) is 0 Å². The summed E-state index contributed by atoms with van der Waals surface area (Å²) in [5.41, 5.74) is 2.40. The summed E-state index contributed by atoms with van der Waals surface area (Å²) in [6, 6.07) is 17.3. The molecule has 0 amide bonds. The van der Waals surface area contributed by atoms with E-state index in [9.17, 15) is 4.79 Å². The van der Waals surface area contributed by atoms with Crippen molar-refractivity contribution in [1.29, 1.82) is 0 Å². The largest absolute Gasteiger partial charge is 0.497 e. The molecule has 0 unspecified atom stereocenters. The lowest BCUT2D eigenvalue weighted by Gasteiger charge is -2.08. The molecule has 0 spiro atoms. The number of carbonyl (C=O) groups is 1. The van der Waals surface area contributed by atoms with Crippen molar-refractivity contribution in [1.82, 2.24) is 0 Å². The second-order valence-corrected chi connectivity index (χ2v) is 6.13. The Kier molecular flexibility index (Phi) is 3.99. The molecule has 0 saturated heterocycles. The minimum atomic E-state index is 0.0442. The summed E-state index contributed by atoms with van der Waals surface area (Å²) in [6.07, 6.45) is 0. The van der Waals surface area contributed by atoms with Crippen LogP contribution in [0.1, 0.15) is 21.5 Å². The van der Waals surface area contributed by atoms with E-state index in [1.54, 1.807) is 7.11 Å². The maximum atomic E-state index is 12.7. The molecule has 0 aliphatic heterocycles. The van der Waals surface area contributed by atoms with Gasteiger partial charge in [-0.05, 0) is 59.7 Å². The molecule has 0 atom stereocenters. The Morgan fingerprint density at radius 3 is 2.41 bits per heavy atom. The smallest absolute Gasteiger partial charge is 0.193 e. The van der Waals surface area contributed by atoms with Crippen LogP contribution in [0.4, 0.5) is 0 Å². The Morgan fingerprint density at radius 1 is 0.955 bits per heavy atom. The maximum Gasteiger partial charge on any atom is 0.193 e. The highest BCUT2D eigenvalue weighted by Crippen LogP contribution is 2.24. The third kappa shape index (κ3) is 2.77. The fourth-order valence-electron chi connectivity index (χ4n) is 2.53. The average molecular weight is 355 g/mol. The third-order valence-electron chi connectivity index (χ3n) is 3.74. The zero-order chi connectivity index (χ0) is 15.7. The van der Waals surface area contributed by atoms with E-state index in [1.807, 2.05) is 61.5 Å². The van der Waals surface area contributed by atoms with E-state index in [4.69, 9.17) is 4.74 Å². The van der Waals surface area contributed by atoms with Crippen LogP contribution >= 0.6 is 15.9 Å². The average Bonchev–Trinajstić information content (AvgIpc) is 2.53. The molecule has 0 saturated carbocycles. The SMILES string of the molecule is COc1ccc2cc(C(=O)c3ccc(Br)cc3C)ccc2c1. The first-order chi connectivity index (χ1) is 10.6. The van der Waals surface area contributed by atoms with Crippen LogP contribution in [-0.4, -0.2) is 12.9 Å². The number of hydrogen-bond donors (Lipinski definition) is 0. The summed E-state index contributed by atoms with van der Waals surface area (Å²) in [5.74, 6) is 0.859. The first-order valence-electron chi connectivity index (χ1n) is 6.97. The molecule has 110 valence electrons. The zero-order valence-electron chi connectivity index (χ0n) is 12.4. The Labute approximate surface area is 137 Å². The molecule has 0 aromatic heterocycles. The molecule has 3 aromatic rings. The minimum absolute atomic E-state index is 0.0442. The lowest BCUT2D eigenvalue weighted by atomic mass is 9.97. The second-order valence-electron chi connectivity index (χ2n) is 5.22. The quantitative estimate of drug-likeness (QED) is 0.608. The number of methoxy groups -OCH3 is 1. The van der Waals surface area contributed by atoms with Crippen LogP contribution in [-0.2, 0) is 0 Å². The molecule has 3 rings (SSSR count). The molecule has 3 heteroatoms. The fraction of sp³-hybridized carbons (Fsp3) is 0.105. The van der Waals surface area contributed by atoms with Crippen molar-refractivity contribution >= 4 is 32.5 Å². The Hall–Kier alpha value is -2.13. The topological polar surface area (TPSA) is 26.3 Å². The minimum Gasteiger partial charge on any atom is -0.497 e. The molecule has 0 fully saturated rings. The van der Waals surface area contributed by atoms with Gasteiger partial charge in [-0.15, -0.1) is 0 Å². The number of benzene rings is 3. The Balaban J connectivity index is 2.04. The van der Waals surface area contributed by atoms with Crippen molar-refractivity contribution in [3.8, 4) is 5.75 Å². The van der Waals surface area contributed by atoms with Gasteiger partial charge in [0, 0.05) is 15.6 Å². The van der Waals surface area contributed by atoms with E-state index in [0.29, 0.717) is 5.56 Å². The molecule has 0 aliphatic carbocycles. The van der Waals surface area contributed by atoms with E-state index in [2.05, 4.69) is 15.9 Å². The van der Waals surface area contributed by atoms with Gasteiger partial charge in [-0.3, -0.25) is 4.79 Å². The normalized spacial score (nSPS) is 10.7. The summed E-state index contributed by atoms with van der Waals surface area (Å²) in [5, 5.41) is 2.09. The van der Waals surface area contributed by atoms with Crippen molar-refractivity contribution in [2.45, 2.75) is 6.92 Å². The van der Waals surface area contributed by atoms with Gasteiger partial charge in [0.15, 0.2) is 5.78 Å². The van der Waals surface area contributed by atoms with Crippen LogP contribution in [0.25, 0.3) is 10.8 Å². The monoisotopic (exact) mass is 354 g/mol. The molecule has 0 bridgehead atoms. The van der Waals surface area contributed by atoms with Gasteiger partial charge in [-0.25, -0.2) is 0 Å². The van der Waals surface area contributed by atoms with Crippen LogP contribution in [0.3, 0.4) is 0 Å². The van der Waals surface area contributed by atoms with E-state index >= 15 is 0 Å². The number of ketones is 1. The first-order valence-corrected chi connectivity index (χ1v) is 7.76. The predicted molar refractivity (Wildman–Crippen MR) is 92.8 cm³/mol. The van der Waals surface area contributed by atoms with Gasteiger partial charge in [0.1, 0.15) is 5.75 Å². The molecule has 0 N–H and O–H groups in total. The summed E-state index contributed by atoms with van der Waals surface area (Å²) in [7, 11) is 1.65. The summed E-state index contributed by atoms with van der Waals surface area (Å²) in [4.78, 5) is 12.7. The Bertz CT molecular complexity index is 868. The van der Waals surface area contributed by atoms with Gasteiger partial charge < -0.3 is 4.74 Å². The van der Waals surface area contributed by atoms with Crippen molar-refractivity contribution < 1.29 is 9.53 Å². The molecule has 22 heavy (non-hydrogen) atoms. The standard InChI is InChI=1S/C19H15BrO2/c1-12-9-16(20)6-8-18(12)19(21)15-4-3-14-11-17(22-2)7-5-13(14)10-15/h3-11H,1-2H3. The second kappa shape index (κ2) is 5.93. The number of halogens is 1. The lowest BCUT2D eigenvalue weighted by Crippen LogP contribution is -2.03. The molecular formula is C19H15BrO2. The van der Waals surface area contributed by atoms with E-state index in [1.165, 1.54) is 0 Å². The number of aryl methyl sites for hydroxylation is 1. The number of fused-ring (bicyclic) bond motifs is 1. The Morgan fingerprint density at radius 2 is 1.68 bits per heavy atom. The number of rotatable bonds is 3. The summed E-state index contributed by atoms with van der Waals surface area (Å²) < 4.78 is 6.20. The van der Waals surface area contributed by atoms with Crippen molar-refractivity contribution in [3.05, 3.63) is 75.8 Å². The van der Waals surface area contributed by atoms with Gasteiger partial charge in [0.2, 0.25) is 0 Å². The van der Waals surface area contributed by atoms with E-state index < -0.39 is 0 Å². The molecule has 3 aromatic carbocycles. The van der Waals surface area contributed by atoms with Gasteiger partial charge in [-0.1, -0.05) is 34.1 Å². The third-order valence-corrected chi connectivity index (χ3v) is 4.24. The highest BCUT2D eigenvalue weighted by Gasteiger charge is 2.12. The van der Waals surface area contributed by atoms with Crippen LogP contribution < -0.4 is 4.74 Å². The molecule has 0 radical (unpaired) electrons. The zero-order valence-corrected chi connectivity index (χ0v) is 14.0. The molecule has 0 aliphatic rings. The van der Waals surface area contributed by atoms with Gasteiger partial charge in [0.25, 0.3) is 0 Å². The van der Waals surface area contributed by atoms with Gasteiger partial charge in [-0.2, -0.15) is 0 Å². The predicted octanol–water partition coefficient (Wildman–Crippen LogP) is 5.15. The van der Waals surface area contributed by atoms with Gasteiger partial charge in [0.05, 0.1) is 7.11 Å². The maximum absolute atomic E-state index is 12.7. The fourth-order valence-corrected chi connectivity index (χ4v) is 3.00. The highest BCUT2D eigenvalue weighted by molar-refractivity contribution is 9.10. The molecule has 2 nitrogen and oxygen atoms in total. The lowest BCUT2D eigenvalue weighted by molar-refractivity contribution is 0.103. The summed E-state index contributed by atoms with van der Waals surface area (Å²) >= 11 is 3.42. The van der Waals surface area contributed by atoms with Crippen molar-refractivity contribution in [2.24, 2.45) is 0 Å².